The number of ether oxygens (including phenoxy) is 1. The lowest BCUT2D eigenvalue weighted by Crippen LogP contribution is -2.06. The number of rotatable bonds is 6. The fourth-order valence-corrected chi connectivity index (χ4v) is 3.04. The highest BCUT2D eigenvalue weighted by atomic mass is 32.1. The molecule has 3 nitrogen and oxygen atoms in total. The molecule has 0 amide bonds. The summed E-state index contributed by atoms with van der Waals surface area (Å²) in [5.41, 5.74) is 2.63. The number of carbonyl (C=O) groups excluding carboxylic acids is 1. The maximum absolute atomic E-state index is 11.3. The van der Waals surface area contributed by atoms with Crippen LogP contribution in [0.15, 0.2) is 18.2 Å². The second-order valence-electron chi connectivity index (χ2n) is 5.46. The molecule has 0 aliphatic heterocycles. The van der Waals surface area contributed by atoms with Crippen LogP contribution in [0.3, 0.4) is 0 Å². The Bertz CT molecular complexity index is 632. The minimum atomic E-state index is 0.429. The van der Waals surface area contributed by atoms with Crippen LogP contribution >= 0.6 is 11.3 Å². The normalized spacial score (nSPS) is 10.9. The maximum atomic E-state index is 11.3. The van der Waals surface area contributed by atoms with Crippen molar-refractivity contribution in [3.05, 3.63) is 34.3 Å². The van der Waals surface area contributed by atoms with E-state index in [9.17, 15) is 4.79 Å². The van der Waals surface area contributed by atoms with Gasteiger partial charge in [-0.25, -0.2) is 4.98 Å². The van der Waals surface area contributed by atoms with Crippen molar-refractivity contribution in [2.24, 2.45) is 5.92 Å². The number of thiazole rings is 1. The molecule has 0 unspecified atom stereocenters. The Morgan fingerprint density at radius 2 is 2.14 bits per heavy atom. The molecule has 2 aromatic rings. The Kier molecular flexibility index (Phi) is 5.12. The number of hydrogen-bond donors (Lipinski definition) is 0. The van der Waals surface area contributed by atoms with E-state index in [1.165, 1.54) is 4.88 Å². The summed E-state index contributed by atoms with van der Waals surface area (Å²) in [5.74, 6) is 1.07. The lowest BCUT2D eigenvalue weighted by molar-refractivity contribution is 0.111. The highest BCUT2D eigenvalue weighted by Gasteiger charge is 2.11. The minimum Gasteiger partial charge on any atom is -0.493 e. The summed E-state index contributed by atoms with van der Waals surface area (Å²) in [7, 11) is 0. The monoisotopic (exact) mass is 303 g/mol. The lowest BCUT2D eigenvalue weighted by Gasteiger charge is -2.11. The van der Waals surface area contributed by atoms with Crippen molar-refractivity contribution in [3.8, 4) is 16.3 Å². The summed E-state index contributed by atoms with van der Waals surface area (Å²) >= 11 is 1.69. The van der Waals surface area contributed by atoms with Crippen LogP contribution in [-0.2, 0) is 6.42 Å². The molecule has 0 fully saturated rings. The second kappa shape index (κ2) is 6.85. The van der Waals surface area contributed by atoms with E-state index >= 15 is 0 Å². The number of nitrogens with zero attached hydrogens (tertiary/aromatic N) is 1. The molecule has 0 N–H and O–H groups in total. The molecule has 0 bridgehead atoms. The predicted octanol–water partition coefficient (Wildman–Crippen LogP) is 4.53. The van der Waals surface area contributed by atoms with Crippen LogP contribution in [-0.4, -0.2) is 17.9 Å². The fraction of sp³-hybridized carbons (Fsp3) is 0.412. The topological polar surface area (TPSA) is 39.2 Å². The van der Waals surface area contributed by atoms with Gasteiger partial charge in [-0.15, -0.1) is 11.3 Å². The van der Waals surface area contributed by atoms with Crippen LogP contribution in [0.2, 0.25) is 0 Å². The van der Waals surface area contributed by atoms with Gasteiger partial charge in [-0.3, -0.25) is 4.79 Å². The molecule has 4 heteroatoms. The molecule has 0 spiro atoms. The number of hydrogen-bond acceptors (Lipinski definition) is 4. The number of aldehydes is 1. The van der Waals surface area contributed by atoms with Gasteiger partial charge in [0, 0.05) is 10.4 Å². The molecule has 1 aromatic heterocycles. The molecule has 0 aliphatic carbocycles. The lowest BCUT2D eigenvalue weighted by atomic mass is 10.1. The van der Waals surface area contributed by atoms with E-state index in [0.29, 0.717) is 23.8 Å². The third-order valence-electron chi connectivity index (χ3n) is 3.17. The third-order valence-corrected chi connectivity index (χ3v) is 4.52. The molecule has 0 saturated carbocycles. The summed E-state index contributed by atoms with van der Waals surface area (Å²) in [5, 5.41) is 0.961. The molecule has 112 valence electrons. The number of aromatic nitrogens is 1. The van der Waals surface area contributed by atoms with Crippen LogP contribution in [0.1, 0.15) is 41.7 Å². The van der Waals surface area contributed by atoms with Gasteiger partial charge in [0.2, 0.25) is 0 Å². The van der Waals surface area contributed by atoms with Gasteiger partial charge >= 0.3 is 0 Å². The molecule has 0 atom stereocenters. The number of aryl methyl sites for hydroxylation is 2. The minimum absolute atomic E-state index is 0.429. The smallest absolute Gasteiger partial charge is 0.153 e. The Hall–Kier alpha value is -1.68. The van der Waals surface area contributed by atoms with Crippen LogP contribution in [0.4, 0.5) is 0 Å². The van der Waals surface area contributed by atoms with Gasteiger partial charge in [0.15, 0.2) is 6.29 Å². The predicted molar refractivity (Wildman–Crippen MR) is 87.4 cm³/mol. The number of benzene rings is 1. The Morgan fingerprint density at radius 3 is 2.71 bits per heavy atom. The maximum Gasteiger partial charge on any atom is 0.153 e. The van der Waals surface area contributed by atoms with E-state index in [-0.39, 0.29) is 0 Å². The van der Waals surface area contributed by atoms with Gasteiger partial charge < -0.3 is 4.74 Å². The summed E-state index contributed by atoms with van der Waals surface area (Å²) in [6.07, 6.45) is 1.83. The largest absolute Gasteiger partial charge is 0.493 e. The summed E-state index contributed by atoms with van der Waals surface area (Å²) in [4.78, 5) is 17.2. The van der Waals surface area contributed by atoms with Crippen molar-refractivity contribution in [1.29, 1.82) is 0 Å². The van der Waals surface area contributed by atoms with Crippen molar-refractivity contribution in [3.63, 3.8) is 0 Å². The molecule has 2 rings (SSSR count). The quantitative estimate of drug-likeness (QED) is 0.736. The van der Waals surface area contributed by atoms with Crippen molar-refractivity contribution in [2.45, 2.75) is 34.1 Å². The Labute approximate surface area is 130 Å². The average molecular weight is 303 g/mol. The molecule has 1 aromatic carbocycles. The molecule has 0 saturated heterocycles. The van der Waals surface area contributed by atoms with E-state index in [0.717, 1.165) is 29.0 Å². The van der Waals surface area contributed by atoms with Gasteiger partial charge in [0.05, 0.1) is 17.9 Å². The summed E-state index contributed by atoms with van der Waals surface area (Å²) < 4.78 is 5.68. The molecular weight excluding hydrogens is 282 g/mol. The van der Waals surface area contributed by atoms with E-state index in [2.05, 4.69) is 25.8 Å². The zero-order valence-corrected chi connectivity index (χ0v) is 13.8. The average Bonchev–Trinajstić information content (AvgIpc) is 2.86. The molecule has 0 aliphatic rings. The van der Waals surface area contributed by atoms with Gasteiger partial charge in [0.1, 0.15) is 10.8 Å². The fourth-order valence-electron chi connectivity index (χ4n) is 2.04. The highest BCUT2D eigenvalue weighted by Crippen LogP contribution is 2.31. The highest BCUT2D eigenvalue weighted by molar-refractivity contribution is 7.15. The Balaban J connectivity index is 2.31. The SMILES string of the molecule is CCc1sc(-c2ccc(OCC(C)C)c(C=O)c2)nc1C. The molecule has 0 radical (unpaired) electrons. The molecule has 21 heavy (non-hydrogen) atoms. The van der Waals surface area contributed by atoms with E-state index < -0.39 is 0 Å². The first-order valence-corrected chi connectivity index (χ1v) is 8.05. The molecule has 1 heterocycles. The van der Waals surface area contributed by atoms with Crippen molar-refractivity contribution in [1.82, 2.24) is 4.98 Å². The first-order valence-electron chi connectivity index (χ1n) is 7.23. The van der Waals surface area contributed by atoms with Crippen LogP contribution in [0, 0.1) is 12.8 Å². The zero-order chi connectivity index (χ0) is 15.4. The van der Waals surface area contributed by atoms with Gasteiger partial charge in [-0.2, -0.15) is 0 Å². The summed E-state index contributed by atoms with van der Waals surface area (Å²) in [6, 6.07) is 5.70. The third kappa shape index (κ3) is 3.70. The Morgan fingerprint density at radius 1 is 1.38 bits per heavy atom. The van der Waals surface area contributed by atoms with Gasteiger partial charge in [0.25, 0.3) is 0 Å². The standard InChI is InChI=1S/C17H21NO2S/c1-5-16-12(4)18-17(21-16)13-6-7-15(14(8-13)9-19)20-10-11(2)3/h6-9,11H,5,10H2,1-4H3. The van der Waals surface area contributed by atoms with Crippen molar-refractivity contribution < 1.29 is 9.53 Å². The van der Waals surface area contributed by atoms with Crippen LogP contribution < -0.4 is 4.74 Å². The van der Waals surface area contributed by atoms with E-state index in [1.807, 2.05) is 25.1 Å². The first kappa shape index (κ1) is 15.7. The van der Waals surface area contributed by atoms with E-state index in [1.54, 1.807) is 11.3 Å². The van der Waals surface area contributed by atoms with E-state index in [4.69, 9.17) is 4.74 Å². The van der Waals surface area contributed by atoms with Gasteiger partial charge in [-0.1, -0.05) is 20.8 Å². The van der Waals surface area contributed by atoms with Crippen LogP contribution in [0.5, 0.6) is 5.75 Å². The molecular formula is C17H21NO2S. The van der Waals surface area contributed by atoms with Crippen molar-refractivity contribution in [2.75, 3.05) is 6.61 Å². The first-order chi connectivity index (χ1) is 10.0. The zero-order valence-electron chi connectivity index (χ0n) is 13.0. The second-order valence-corrected chi connectivity index (χ2v) is 6.54. The van der Waals surface area contributed by atoms with Crippen molar-refractivity contribution >= 4 is 17.6 Å². The van der Waals surface area contributed by atoms with Gasteiger partial charge in [-0.05, 0) is 37.5 Å². The van der Waals surface area contributed by atoms with Crippen LogP contribution in [0.25, 0.3) is 10.6 Å². The summed E-state index contributed by atoms with van der Waals surface area (Å²) in [6.45, 7) is 8.93. The number of carbonyl (C=O) groups is 1.